The largest absolute Gasteiger partial charge is 0.496 e. The Hall–Kier alpha value is -4.70. The summed E-state index contributed by atoms with van der Waals surface area (Å²) in [6, 6.07) is 15.5. The standard InChI is InChI=1S/C33H34N4O5S/c1-7-35(8-2)31(39)28-20(4)34-33-37(29(28)25-14-9-10-15-26(25)42-6)30(38)27(43-33)18-23-16-19(3)36(21(23)5)24-13-11-12-22(17-24)32(40)41/h9-18,29H,7-8H2,1-6H3,(H,40,41)/b27-18+/t29-/m1/s1. The van der Waals surface area contributed by atoms with Crippen LogP contribution in [0.2, 0.25) is 0 Å². The normalized spacial score (nSPS) is 14.8. The topological polar surface area (TPSA) is 106 Å². The van der Waals surface area contributed by atoms with E-state index in [2.05, 4.69) is 0 Å². The zero-order valence-corrected chi connectivity index (χ0v) is 25.9. The molecule has 0 saturated heterocycles. The van der Waals surface area contributed by atoms with E-state index in [1.165, 1.54) is 11.3 Å². The van der Waals surface area contributed by atoms with Gasteiger partial charge in [0.25, 0.3) is 11.5 Å². The van der Waals surface area contributed by atoms with Crippen molar-refractivity contribution in [3.05, 3.63) is 114 Å². The summed E-state index contributed by atoms with van der Waals surface area (Å²) in [7, 11) is 1.58. The van der Waals surface area contributed by atoms with Crippen LogP contribution in [0.1, 0.15) is 59.7 Å². The molecule has 5 rings (SSSR count). The van der Waals surface area contributed by atoms with E-state index in [0.717, 1.165) is 22.6 Å². The number of para-hydroxylation sites is 1. The van der Waals surface area contributed by atoms with Gasteiger partial charge in [-0.1, -0.05) is 35.6 Å². The average Bonchev–Trinajstić information content (AvgIpc) is 3.45. The fraction of sp³-hybridized carbons (Fsp3) is 0.273. The highest BCUT2D eigenvalue weighted by Gasteiger charge is 2.35. The lowest BCUT2D eigenvalue weighted by Crippen LogP contribution is -2.43. The number of allylic oxidation sites excluding steroid dienone is 1. The van der Waals surface area contributed by atoms with Gasteiger partial charge in [-0.2, -0.15) is 0 Å². The molecule has 1 N–H and O–H groups in total. The number of amides is 1. The first-order valence-electron chi connectivity index (χ1n) is 14.1. The van der Waals surface area contributed by atoms with Gasteiger partial charge in [0.1, 0.15) is 11.8 Å². The Morgan fingerprint density at radius 2 is 1.79 bits per heavy atom. The molecule has 0 saturated carbocycles. The summed E-state index contributed by atoms with van der Waals surface area (Å²) in [4.78, 5) is 46.6. The molecule has 0 radical (unpaired) electrons. The van der Waals surface area contributed by atoms with Crippen LogP contribution in [0.3, 0.4) is 0 Å². The Morgan fingerprint density at radius 3 is 2.47 bits per heavy atom. The monoisotopic (exact) mass is 598 g/mol. The van der Waals surface area contributed by atoms with Crippen molar-refractivity contribution in [2.75, 3.05) is 20.2 Å². The van der Waals surface area contributed by atoms with Gasteiger partial charge >= 0.3 is 5.97 Å². The summed E-state index contributed by atoms with van der Waals surface area (Å²) in [5, 5.41) is 9.48. The number of benzene rings is 2. The van der Waals surface area contributed by atoms with Crippen LogP contribution in [0.15, 0.2) is 75.7 Å². The van der Waals surface area contributed by atoms with Crippen LogP contribution < -0.4 is 19.6 Å². The van der Waals surface area contributed by atoms with E-state index in [1.54, 1.807) is 34.8 Å². The summed E-state index contributed by atoms with van der Waals surface area (Å²) < 4.78 is 9.74. The molecule has 10 heteroatoms. The molecule has 0 aliphatic carbocycles. The van der Waals surface area contributed by atoms with Crippen LogP contribution >= 0.6 is 11.3 Å². The first kappa shape index (κ1) is 29.8. The number of fused-ring (bicyclic) bond motifs is 1. The predicted octanol–water partition coefficient (Wildman–Crippen LogP) is 4.22. The molecule has 1 aliphatic rings. The zero-order chi connectivity index (χ0) is 31.0. The van der Waals surface area contributed by atoms with Gasteiger partial charge in [-0.25, -0.2) is 9.79 Å². The first-order valence-corrected chi connectivity index (χ1v) is 14.9. The molecule has 9 nitrogen and oxygen atoms in total. The number of hydrogen-bond acceptors (Lipinski definition) is 6. The highest BCUT2D eigenvalue weighted by molar-refractivity contribution is 7.07. The predicted molar refractivity (Wildman–Crippen MR) is 167 cm³/mol. The third-order valence-electron chi connectivity index (χ3n) is 7.84. The van der Waals surface area contributed by atoms with Crippen LogP contribution in [0.4, 0.5) is 0 Å². The van der Waals surface area contributed by atoms with Crippen LogP contribution in [-0.2, 0) is 4.79 Å². The van der Waals surface area contributed by atoms with Gasteiger partial charge in [0.05, 0.1) is 28.5 Å². The number of carboxylic acids is 1. The molecule has 2 aromatic heterocycles. The molecule has 3 heterocycles. The van der Waals surface area contributed by atoms with Gasteiger partial charge in [-0.3, -0.25) is 14.2 Å². The van der Waals surface area contributed by atoms with Crippen molar-refractivity contribution in [1.82, 2.24) is 14.0 Å². The maximum atomic E-state index is 14.2. The minimum atomic E-state index is -0.996. The second-order valence-electron chi connectivity index (χ2n) is 10.3. The molecule has 0 fully saturated rings. The Bertz CT molecular complexity index is 1960. The molecule has 222 valence electrons. The third-order valence-corrected chi connectivity index (χ3v) is 8.83. The van der Waals surface area contributed by atoms with Crippen molar-refractivity contribution in [2.24, 2.45) is 4.99 Å². The minimum Gasteiger partial charge on any atom is -0.496 e. The van der Waals surface area contributed by atoms with Crippen LogP contribution in [0.25, 0.3) is 11.8 Å². The quantitative estimate of drug-likeness (QED) is 0.327. The molecule has 2 aromatic carbocycles. The summed E-state index contributed by atoms with van der Waals surface area (Å²) in [6.07, 6.45) is 1.84. The molecule has 1 aliphatic heterocycles. The highest BCUT2D eigenvalue weighted by atomic mass is 32.1. The molecule has 1 amide bonds. The van der Waals surface area contributed by atoms with Crippen molar-refractivity contribution >= 4 is 29.3 Å². The van der Waals surface area contributed by atoms with Gasteiger partial charge in [-0.05, 0) is 76.6 Å². The molecule has 4 aromatic rings. The number of aromatic carboxylic acids is 1. The number of hydrogen-bond donors (Lipinski definition) is 1. The summed E-state index contributed by atoms with van der Waals surface area (Å²) in [6.45, 7) is 10.6. The molecule has 0 spiro atoms. The number of carboxylic acid groups (broad SMARTS) is 1. The summed E-state index contributed by atoms with van der Waals surface area (Å²) >= 11 is 1.27. The lowest BCUT2D eigenvalue weighted by atomic mass is 9.94. The second-order valence-corrected chi connectivity index (χ2v) is 11.3. The third kappa shape index (κ3) is 5.23. The maximum Gasteiger partial charge on any atom is 0.335 e. The molecule has 0 unspecified atom stereocenters. The van der Waals surface area contributed by atoms with Crippen LogP contribution in [0.5, 0.6) is 5.75 Å². The number of ether oxygens (including phenoxy) is 1. The maximum absolute atomic E-state index is 14.2. The lowest BCUT2D eigenvalue weighted by molar-refractivity contribution is -0.127. The molecule has 0 bridgehead atoms. The number of aryl methyl sites for hydroxylation is 1. The fourth-order valence-electron chi connectivity index (χ4n) is 5.71. The van der Waals surface area contributed by atoms with Crippen molar-refractivity contribution < 1.29 is 19.4 Å². The van der Waals surface area contributed by atoms with Gasteiger partial charge in [0.15, 0.2) is 4.80 Å². The second kappa shape index (κ2) is 11.9. The van der Waals surface area contributed by atoms with Gasteiger partial charge in [-0.15, -0.1) is 0 Å². The average molecular weight is 599 g/mol. The number of carbonyl (C=O) groups excluding carboxylic acids is 1. The molecular formula is C33H34N4O5S. The van der Waals surface area contributed by atoms with Gasteiger partial charge in [0.2, 0.25) is 0 Å². The van der Waals surface area contributed by atoms with E-state index >= 15 is 0 Å². The molecule has 1 atom stereocenters. The van der Waals surface area contributed by atoms with Crippen LogP contribution in [-0.4, -0.2) is 51.2 Å². The summed E-state index contributed by atoms with van der Waals surface area (Å²) in [5.74, 6) is -0.582. The molecule has 43 heavy (non-hydrogen) atoms. The SMILES string of the molecule is CCN(CC)C(=O)C1=C(C)N=c2s/c(=C/c3cc(C)n(-c4cccc(C(=O)O)c4)c3C)c(=O)n2[C@@H]1c1ccccc1OC. The Kier molecular flexibility index (Phi) is 8.23. The number of carbonyl (C=O) groups is 2. The number of thiazole rings is 1. The zero-order valence-electron chi connectivity index (χ0n) is 25.0. The number of likely N-dealkylation sites (N-methyl/N-ethyl adjacent to an activating group) is 1. The minimum absolute atomic E-state index is 0.163. The fourth-order valence-corrected chi connectivity index (χ4v) is 6.75. The Labute approximate surface area is 253 Å². The van der Waals surface area contributed by atoms with E-state index < -0.39 is 12.0 Å². The van der Waals surface area contributed by atoms with Crippen molar-refractivity contribution in [3.8, 4) is 11.4 Å². The van der Waals surface area contributed by atoms with Crippen molar-refractivity contribution in [2.45, 2.75) is 40.7 Å². The van der Waals surface area contributed by atoms with Crippen LogP contribution in [0, 0.1) is 13.8 Å². The van der Waals surface area contributed by atoms with Crippen molar-refractivity contribution in [3.63, 3.8) is 0 Å². The van der Waals surface area contributed by atoms with E-state index in [0.29, 0.717) is 45.0 Å². The summed E-state index contributed by atoms with van der Waals surface area (Å²) in [5.41, 5.74) is 4.97. The first-order chi connectivity index (χ1) is 20.6. The number of rotatable bonds is 8. The van der Waals surface area contributed by atoms with Gasteiger partial charge < -0.3 is 19.3 Å². The number of aromatic nitrogens is 2. The highest BCUT2D eigenvalue weighted by Crippen LogP contribution is 2.36. The lowest BCUT2D eigenvalue weighted by Gasteiger charge is -2.29. The Morgan fingerprint density at radius 1 is 1.07 bits per heavy atom. The molecular weight excluding hydrogens is 564 g/mol. The van der Waals surface area contributed by atoms with E-state index in [9.17, 15) is 19.5 Å². The smallest absolute Gasteiger partial charge is 0.335 e. The number of methoxy groups -OCH3 is 1. The Balaban J connectivity index is 1.71. The van der Waals surface area contributed by atoms with E-state index in [1.807, 2.05) is 81.7 Å². The van der Waals surface area contributed by atoms with Crippen molar-refractivity contribution in [1.29, 1.82) is 0 Å². The van der Waals surface area contributed by atoms with Gasteiger partial charge in [0, 0.05) is 35.7 Å². The van der Waals surface area contributed by atoms with E-state index in [-0.39, 0.29) is 17.0 Å². The number of nitrogens with zero attached hydrogens (tertiary/aromatic N) is 4. The van der Waals surface area contributed by atoms with E-state index in [4.69, 9.17) is 9.73 Å².